The van der Waals surface area contributed by atoms with Crippen LogP contribution in [0, 0.1) is 5.41 Å². The van der Waals surface area contributed by atoms with Crippen LogP contribution in [-0.4, -0.2) is 31.5 Å². The van der Waals surface area contributed by atoms with E-state index < -0.39 is 0 Å². The van der Waals surface area contributed by atoms with Gasteiger partial charge in [-0.2, -0.15) is 0 Å². The van der Waals surface area contributed by atoms with Gasteiger partial charge in [-0.1, -0.05) is 65.2 Å². The van der Waals surface area contributed by atoms with Gasteiger partial charge in [0.05, 0.1) is 6.42 Å². The molecule has 1 aromatic rings. The number of benzene rings is 1. The van der Waals surface area contributed by atoms with Crippen molar-refractivity contribution in [1.82, 2.24) is 4.90 Å². The molecule has 0 atom stereocenters. The normalized spacial score (nSPS) is 16.5. The van der Waals surface area contributed by atoms with Crippen molar-refractivity contribution < 1.29 is 9.53 Å². The predicted octanol–water partition coefficient (Wildman–Crippen LogP) is 6.16. The Balaban J connectivity index is 0.00000364. The Hall–Kier alpha value is -1.06. The fourth-order valence-electron chi connectivity index (χ4n) is 4.42. The molecule has 0 saturated heterocycles. The van der Waals surface area contributed by atoms with Crippen molar-refractivity contribution >= 4 is 18.4 Å². The first-order valence-electron chi connectivity index (χ1n) is 10.2. The maximum Gasteiger partial charge on any atom is 0.311 e. The minimum Gasteiger partial charge on any atom is -0.426 e. The average molecular weight is 396 g/mol. The highest BCUT2D eigenvalue weighted by Crippen LogP contribution is 2.41. The summed E-state index contributed by atoms with van der Waals surface area (Å²) in [5, 5.41) is 0. The van der Waals surface area contributed by atoms with Crippen molar-refractivity contribution in [3.05, 3.63) is 29.3 Å². The molecule has 0 aliphatic heterocycles. The van der Waals surface area contributed by atoms with E-state index in [2.05, 4.69) is 64.9 Å². The smallest absolute Gasteiger partial charge is 0.311 e. The Kier molecular flexibility index (Phi) is 9.30. The zero-order valence-corrected chi connectivity index (χ0v) is 18.8. The van der Waals surface area contributed by atoms with Crippen LogP contribution in [0.4, 0.5) is 0 Å². The summed E-state index contributed by atoms with van der Waals surface area (Å²) in [6, 6.07) is 6.27. The molecule has 1 aliphatic carbocycles. The molecule has 0 N–H and O–H groups in total. The Labute approximate surface area is 172 Å². The Morgan fingerprint density at radius 1 is 1.04 bits per heavy atom. The summed E-state index contributed by atoms with van der Waals surface area (Å²) in [7, 11) is 4.21. The highest BCUT2D eigenvalue weighted by atomic mass is 35.5. The van der Waals surface area contributed by atoms with Crippen LogP contribution in [0.15, 0.2) is 18.2 Å². The first-order chi connectivity index (χ1) is 12.2. The van der Waals surface area contributed by atoms with E-state index in [1.54, 1.807) is 0 Å². The number of esters is 1. The number of carbonyl (C=O) groups is 1. The molecule has 1 fully saturated rings. The Bertz CT molecular complexity index is 578. The van der Waals surface area contributed by atoms with Gasteiger partial charge in [-0.25, -0.2) is 0 Å². The second-order valence-corrected chi connectivity index (χ2v) is 9.02. The fourth-order valence-corrected chi connectivity index (χ4v) is 4.42. The van der Waals surface area contributed by atoms with E-state index in [0.717, 1.165) is 36.3 Å². The Morgan fingerprint density at radius 3 is 2.00 bits per heavy atom. The van der Waals surface area contributed by atoms with Gasteiger partial charge in [-0.05, 0) is 55.3 Å². The Morgan fingerprint density at radius 2 is 1.56 bits per heavy atom. The number of hydrogen-bond acceptors (Lipinski definition) is 3. The maximum absolute atomic E-state index is 13.0. The van der Waals surface area contributed by atoms with Crippen molar-refractivity contribution in [1.29, 1.82) is 0 Å². The standard InChI is InChI=1S/C23H37NO2.ClH/c1-17(2)19-11-10-12-20(18(3)4)22(19)26-21(25)15-23(16-24(5)6)13-8-7-9-14-23;/h10-12,17-18H,7-9,13-16H2,1-6H3;1H. The molecule has 1 saturated carbocycles. The van der Waals surface area contributed by atoms with Gasteiger partial charge >= 0.3 is 5.97 Å². The monoisotopic (exact) mass is 395 g/mol. The molecule has 154 valence electrons. The number of nitrogens with zero attached hydrogens (tertiary/aromatic N) is 1. The lowest BCUT2D eigenvalue weighted by molar-refractivity contribution is -0.138. The summed E-state index contributed by atoms with van der Waals surface area (Å²) >= 11 is 0. The van der Waals surface area contributed by atoms with Crippen molar-refractivity contribution in [2.75, 3.05) is 20.6 Å². The summed E-state index contributed by atoms with van der Waals surface area (Å²) in [4.78, 5) is 15.2. The van der Waals surface area contributed by atoms with Crippen molar-refractivity contribution in [2.45, 2.75) is 78.1 Å². The molecular formula is C23H38ClNO2. The lowest BCUT2D eigenvalue weighted by Crippen LogP contribution is -2.38. The van der Waals surface area contributed by atoms with Crippen LogP contribution >= 0.6 is 12.4 Å². The predicted molar refractivity (Wildman–Crippen MR) is 116 cm³/mol. The molecule has 0 unspecified atom stereocenters. The van der Waals surface area contributed by atoms with Crippen LogP contribution < -0.4 is 4.74 Å². The van der Waals surface area contributed by atoms with Gasteiger partial charge in [0.2, 0.25) is 0 Å². The number of carbonyl (C=O) groups excluding carboxylic acids is 1. The zero-order valence-electron chi connectivity index (χ0n) is 18.0. The van der Waals surface area contributed by atoms with E-state index in [1.165, 1.54) is 19.3 Å². The zero-order chi connectivity index (χ0) is 19.3. The van der Waals surface area contributed by atoms with Gasteiger partial charge in [0.15, 0.2) is 0 Å². The molecule has 0 spiro atoms. The summed E-state index contributed by atoms with van der Waals surface area (Å²) in [5.41, 5.74) is 2.34. The highest BCUT2D eigenvalue weighted by Gasteiger charge is 2.36. The summed E-state index contributed by atoms with van der Waals surface area (Å²) in [6.07, 6.45) is 6.52. The van der Waals surface area contributed by atoms with E-state index in [1.807, 2.05) is 0 Å². The third kappa shape index (κ3) is 6.50. The van der Waals surface area contributed by atoms with E-state index >= 15 is 0 Å². The van der Waals surface area contributed by atoms with Gasteiger partial charge in [-0.15, -0.1) is 12.4 Å². The van der Waals surface area contributed by atoms with E-state index in [4.69, 9.17) is 4.74 Å². The quantitative estimate of drug-likeness (QED) is 0.408. The summed E-state index contributed by atoms with van der Waals surface area (Å²) in [6.45, 7) is 9.60. The molecule has 1 aliphatic rings. The maximum atomic E-state index is 13.0. The molecule has 3 nitrogen and oxygen atoms in total. The van der Waals surface area contributed by atoms with Crippen LogP contribution in [0.1, 0.15) is 89.2 Å². The van der Waals surface area contributed by atoms with Gasteiger partial charge in [-0.3, -0.25) is 4.79 Å². The molecule has 27 heavy (non-hydrogen) atoms. The fraction of sp³-hybridized carbons (Fsp3) is 0.696. The van der Waals surface area contributed by atoms with Crippen LogP contribution in [-0.2, 0) is 4.79 Å². The first-order valence-corrected chi connectivity index (χ1v) is 10.2. The molecule has 0 heterocycles. The van der Waals surface area contributed by atoms with E-state index in [9.17, 15) is 4.79 Å². The van der Waals surface area contributed by atoms with Crippen LogP contribution in [0.25, 0.3) is 0 Å². The van der Waals surface area contributed by atoms with Gasteiger partial charge in [0, 0.05) is 6.54 Å². The molecule has 2 rings (SSSR count). The minimum atomic E-state index is -0.0660. The first kappa shape index (κ1) is 24.0. The molecule has 0 bridgehead atoms. The third-order valence-corrected chi connectivity index (χ3v) is 5.62. The second kappa shape index (κ2) is 10.5. The van der Waals surface area contributed by atoms with Crippen LogP contribution in [0.3, 0.4) is 0 Å². The molecule has 1 aromatic carbocycles. The molecule has 0 aromatic heterocycles. The SMILES string of the molecule is CC(C)c1cccc(C(C)C)c1OC(=O)CC1(CN(C)C)CCCCC1.Cl. The van der Waals surface area contributed by atoms with Gasteiger partial charge in [0.25, 0.3) is 0 Å². The largest absolute Gasteiger partial charge is 0.426 e. The number of para-hydroxylation sites is 1. The number of rotatable bonds is 7. The number of hydrogen-bond donors (Lipinski definition) is 0. The van der Waals surface area contributed by atoms with Crippen molar-refractivity contribution in [3.8, 4) is 5.75 Å². The molecule has 4 heteroatoms. The molecule has 0 amide bonds. The number of ether oxygens (including phenoxy) is 1. The molecule has 0 radical (unpaired) electrons. The third-order valence-electron chi connectivity index (χ3n) is 5.62. The lowest BCUT2D eigenvalue weighted by atomic mass is 9.71. The second-order valence-electron chi connectivity index (χ2n) is 9.02. The summed E-state index contributed by atoms with van der Waals surface area (Å²) in [5.74, 6) is 1.41. The van der Waals surface area contributed by atoms with Crippen LogP contribution in [0.2, 0.25) is 0 Å². The van der Waals surface area contributed by atoms with Gasteiger partial charge < -0.3 is 9.64 Å². The number of halogens is 1. The van der Waals surface area contributed by atoms with Crippen molar-refractivity contribution in [3.63, 3.8) is 0 Å². The average Bonchev–Trinajstić information content (AvgIpc) is 2.54. The highest BCUT2D eigenvalue weighted by molar-refractivity contribution is 5.85. The van der Waals surface area contributed by atoms with E-state index in [0.29, 0.717) is 18.3 Å². The summed E-state index contributed by atoms with van der Waals surface area (Å²) < 4.78 is 6.05. The molecular weight excluding hydrogens is 358 g/mol. The minimum absolute atomic E-state index is 0. The van der Waals surface area contributed by atoms with Crippen molar-refractivity contribution in [2.24, 2.45) is 5.41 Å². The van der Waals surface area contributed by atoms with Crippen LogP contribution in [0.5, 0.6) is 5.75 Å². The van der Waals surface area contributed by atoms with Gasteiger partial charge in [0.1, 0.15) is 5.75 Å². The topological polar surface area (TPSA) is 29.5 Å². The lowest BCUT2D eigenvalue weighted by Gasteiger charge is -2.38. The van der Waals surface area contributed by atoms with E-state index in [-0.39, 0.29) is 23.8 Å².